The molecule has 1 unspecified atom stereocenters. The minimum atomic E-state index is -0.453. The molecule has 0 radical (unpaired) electrons. The molecule has 1 heterocycles. The summed E-state index contributed by atoms with van der Waals surface area (Å²) >= 11 is 0. The van der Waals surface area contributed by atoms with Crippen molar-refractivity contribution in [1.29, 1.82) is 0 Å². The molecule has 0 spiro atoms. The Bertz CT molecular complexity index is 519. The Morgan fingerprint density at radius 1 is 1.00 bits per heavy atom. The van der Waals surface area contributed by atoms with E-state index in [-0.39, 0.29) is 0 Å². The van der Waals surface area contributed by atoms with Crippen molar-refractivity contribution in [3.8, 4) is 0 Å². The normalized spacial score (nSPS) is 12.4. The van der Waals surface area contributed by atoms with E-state index in [0.717, 1.165) is 24.0 Å². The maximum absolute atomic E-state index is 10.4. The number of hydrogen-bond acceptors (Lipinski definition) is 2. The van der Waals surface area contributed by atoms with Crippen LogP contribution < -0.4 is 0 Å². The van der Waals surface area contributed by atoms with E-state index >= 15 is 0 Å². The Kier molecular flexibility index (Phi) is 4.69. The predicted molar refractivity (Wildman–Crippen MR) is 78.1 cm³/mol. The van der Waals surface area contributed by atoms with Crippen LogP contribution in [-0.4, -0.2) is 10.1 Å². The summed E-state index contributed by atoms with van der Waals surface area (Å²) in [5.74, 6) is 0. The van der Waals surface area contributed by atoms with Crippen LogP contribution in [0.5, 0.6) is 0 Å². The van der Waals surface area contributed by atoms with Crippen molar-refractivity contribution in [3.63, 3.8) is 0 Å². The van der Waals surface area contributed by atoms with E-state index in [9.17, 15) is 5.11 Å². The van der Waals surface area contributed by atoms with Crippen molar-refractivity contribution in [3.05, 3.63) is 65.0 Å². The summed E-state index contributed by atoms with van der Waals surface area (Å²) in [5.41, 5.74) is 4.62. The van der Waals surface area contributed by atoms with Gasteiger partial charge in [0, 0.05) is 18.8 Å². The highest BCUT2D eigenvalue weighted by Gasteiger charge is 2.12. The predicted octanol–water partition coefficient (Wildman–Crippen LogP) is 3.48. The fourth-order valence-corrected chi connectivity index (χ4v) is 2.30. The zero-order valence-corrected chi connectivity index (χ0v) is 11.6. The van der Waals surface area contributed by atoms with Crippen molar-refractivity contribution < 1.29 is 5.11 Å². The monoisotopic (exact) mass is 255 g/mol. The Hall–Kier alpha value is -1.67. The molecule has 1 aromatic carbocycles. The van der Waals surface area contributed by atoms with Gasteiger partial charge in [0.2, 0.25) is 0 Å². The van der Waals surface area contributed by atoms with E-state index in [2.05, 4.69) is 43.1 Å². The van der Waals surface area contributed by atoms with Gasteiger partial charge in [0.25, 0.3) is 0 Å². The summed E-state index contributed by atoms with van der Waals surface area (Å²) in [7, 11) is 0. The van der Waals surface area contributed by atoms with Gasteiger partial charge in [0.05, 0.1) is 6.10 Å². The Morgan fingerprint density at radius 3 is 2.32 bits per heavy atom. The smallest absolute Gasteiger partial charge is 0.0834 e. The van der Waals surface area contributed by atoms with Crippen LogP contribution in [0.1, 0.15) is 42.2 Å². The lowest BCUT2D eigenvalue weighted by Gasteiger charge is -2.14. The topological polar surface area (TPSA) is 33.1 Å². The van der Waals surface area contributed by atoms with Crippen LogP contribution in [0, 0.1) is 0 Å². The van der Waals surface area contributed by atoms with Crippen molar-refractivity contribution in [2.45, 2.75) is 39.2 Å². The first-order valence-corrected chi connectivity index (χ1v) is 6.93. The molecule has 2 heteroatoms. The molecule has 0 aliphatic heterocycles. The zero-order chi connectivity index (χ0) is 13.7. The van der Waals surface area contributed by atoms with Gasteiger partial charge in [0.1, 0.15) is 0 Å². The summed E-state index contributed by atoms with van der Waals surface area (Å²) < 4.78 is 0. The molecule has 1 N–H and O–H groups in total. The fourth-order valence-electron chi connectivity index (χ4n) is 2.30. The molecular weight excluding hydrogens is 234 g/mol. The van der Waals surface area contributed by atoms with Gasteiger partial charge in [-0.2, -0.15) is 0 Å². The standard InChI is InChI=1S/C17H21NO/c1-3-13-5-7-14(8-6-13)11-17(19)16-9-10-18-12-15(16)4-2/h5-10,12,17,19H,3-4,11H2,1-2H3. The SMILES string of the molecule is CCc1ccc(CC(O)c2ccncc2CC)cc1. The molecule has 0 aliphatic rings. The van der Waals surface area contributed by atoms with E-state index in [1.807, 2.05) is 12.3 Å². The van der Waals surface area contributed by atoms with Crippen LogP contribution >= 0.6 is 0 Å². The Morgan fingerprint density at radius 2 is 1.68 bits per heavy atom. The van der Waals surface area contributed by atoms with Gasteiger partial charge in [-0.3, -0.25) is 4.98 Å². The van der Waals surface area contributed by atoms with Crippen LogP contribution in [0.4, 0.5) is 0 Å². The highest BCUT2D eigenvalue weighted by atomic mass is 16.3. The number of aryl methyl sites for hydroxylation is 2. The number of hydrogen-bond donors (Lipinski definition) is 1. The molecule has 2 nitrogen and oxygen atoms in total. The number of benzene rings is 1. The number of aliphatic hydroxyl groups is 1. The number of aliphatic hydroxyl groups excluding tert-OH is 1. The van der Waals surface area contributed by atoms with Gasteiger partial charge in [0.15, 0.2) is 0 Å². The lowest BCUT2D eigenvalue weighted by molar-refractivity contribution is 0.177. The second kappa shape index (κ2) is 6.48. The van der Waals surface area contributed by atoms with Gasteiger partial charge in [-0.25, -0.2) is 0 Å². The second-order valence-electron chi connectivity index (χ2n) is 4.82. The quantitative estimate of drug-likeness (QED) is 0.887. The largest absolute Gasteiger partial charge is 0.388 e. The molecule has 19 heavy (non-hydrogen) atoms. The number of rotatable bonds is 5. The minimum Gasteiger partial charge on any atom is -0.388 e. The molecule has 2 rings (SSSR count). The molecule has 1 aromatic heterocycles. The molecule has 1 atom stereocenters. The molecule has 100 valence electrons. The van der Waals surface area contributed by atoms with Crippen LogP contribution in [0.25, 0.3) is 0 Å². The molecule has 0 bridgehead atoms. The summed E-state index contributed by atoms with van der Waals surface area (Å²) in [6, 6.07) is 10.4. The molecule has 0 amide bonds. The first kappa shape index (κ1) is 13.8. The van der Waals surface area contributed by atoms with Gasteiger partial charge in [-0.1, -0.05) is 38.1 Å². The number of aromatic nitrogens is 1. The van der Waals surface area contributed by atoms with Crippen molar-refractivity contribution >= 4 is 0 Å². The first-order valence-electron chi connectivity index (χ1n) is 6.93. The van der Waals surface area contributed by atoms with E-state index in [1.54, 1.807) is 6.20 Å². The lowest BCUT2D eigenvalue weighted by Crippen LogP contribution is -2.05. The fraction of sp³-hybridized carbons (Fsp3) is 0.353. The number of nitrogens with zero attached hydrogens (tertiary/aromatic N) is 1. The van der Waals surface area contributed by atoms with Gasteiger partial charge < -0.3 is 5.11 Å². The van der Waals surface area contributed by atoms with Crippen LogP contribution in [0.15, 0.2) is 42.7 Å². The molecule has 0 aliphatic carbocycles. The molecule has 0 saturated heterocycles. The third kappa shape index (κ3) is 3.42. The van der Waals surface area contributed by atoms with Crippen LogP contribution in [0.2, 0.25) is 0 Å². The van der Waals surface area contributed by atoms with Crippen molar-refractivity contribution in [2.24, 2.45) is 0 Å². The third-order valence-corrected chi connectivity index (χ3v) is 3.54. The third-order valence-electron chi connectivity index (χ3n) is 3.54. The van der Waals surface area contributed by atoms with E-state index in [0.29, 0.717) is 6.42 Å². The summed E-state index contributed by atoms with van der Waals surface area (Å²) in [4.78, 5) is 4.12. The Balaban J connectivity index is 2.13. The van der Waals surface area contributed by atoms with Crippen molar-refractivity contribution in [1.82, 2.24) is 4.98 Å². The lowest BCUT2D eigenvalue weighted by atomic mass is 9.97. The van der Waals surface area contributed by atoms with Gasteiger partial charge in [-0.15, -0.1) is 0 Å². The number of pyridine rings is 1. The molecular formula is C17H21NO. The average molecular weight is 255 g/mol. The molecule has 2 aromatic rings. The minimum absolute atomic E-state index is 0.453. The van der Waals surface area contributed by atoms with E-state index in [1.165, 1.54) is 11.1 Å². The highest BCUT2D eigenvalue weighted by Crippen LogP contribution is 2.22. The summed E-state index contributed by atoms with van der Waals surface area (Å²) in [5, 5.41) is 10.4. The Labute approximate surface area is 115 Å². The maximum atomic E-state index is 10.4. The van der Waals surface area contributed by atoms with E-state index < -0.39 is 6.10 Å². The zero-order valence-electron chi connectivity index (χ0n) is 11.6. The first-order chi connectivity index (χ1) is 9.24. The van der Waals surface area contributed by atoms with Gasteiger partial charge >= 0.3 is 0 Å². The second-order valence-corrected chi connectivity index (χ2v) is 4.82. The van der Waals surface area contributed by atoms with Crippen LogP contribution in [-0.2, 0) is 19.3 Å². The highest BCUT2D eigenvalue weighted by molar-refractivity contribution is 5.29. The summed E-state index contributed by atoms with van der Waals surface area (Å²) in [6.07, 6.45) is 5.74. The molecule has 0 saturated carbocycles. The molecule has 0 fully saturated rings. The van der Waals surface area contributed by atoms with Crippen molar-refractivity contribution in [2.75, 3.05) is 0 Å². The average Bonchev–Trinajstić information content (AvgIpc) is 2.48. The van der Waals surface area contributed by atoms with Crippen LogP contribution in [0.3, 0.4) is 0 Å². The van der Waals surface area contributed by atoms with E-state index in [4.69, 9.17) is 0 Å². The maximum Gasteiger partial charge on any atom is 0.0834 e. The van der Waals surface area contributed by atoms with Gasteiger partial charge in [-0.05, 0) is 41.2 Å². The summed E-state index contributed by atoms with van der Waals surface area (Å²) in [6.45, 7) is 4.23.